The Bertz CT molecular complexity index is 1570. The van der Waals surface area contributed by atoms with Gasteiger partial charge in [-0.1, -0.05) is 13.8 Å². The number of carbonyl (C=O) groups excluding carboxylic acids is 1. The molecule has 1 amide bonds. The van der Waals surface area contributed by atoms with E-state index in [1.165, 1.54) is 44.5 Å². The number of amides is 1. The number of nitrogen functional groups attached to an aromatic ring is 1. The molecule has 0 radical (unpaired) electrons. The number of hydrogen-bond acceptors (Lipinski definition) is 10. The molecule has 3 aromatic carbocycles. The van der Waals surface area contributed by atoms with Crippen molar-refractivity contribution in [1.82, 2.24) is 10.6 Å². The zero-order chi connectivity index (χ0) is 39.7. The van der Waals surface area contributed by atoms with Crippen molar-refractivity contribution in [3.05, 3.63) is 98.8 Å². The molecule has 13 nitrogen and oxygen atoms in total. The number of non-ortho nitro benzene ring substituents is 2. The molecule has 3 aliphatic rings. The Kier molecular flexibility index (Phi) is 17.4. The molecule has 0 aliphatic carbocycles. The van der Waals surface area contributed by atoms with Gasteiger partial charge in [-0.15, -0.1) is 0 Å². The largest absolute Gasteiger partial charge is 0.444 e. The fourth-order valence-corrected chi connectivity index (χ4v) is 6.01. The Hall–Kier alpha value is -4.98. The third kappa shape index (κ3) is 16.4. The summed E-state index contributed by atoms with van der Waals surface area (Å²) in [4.78, 5) is 35.7. The molecule has 54 heavy (non-hydrogen) atoms. The molecule has 0 bridgehead atoms. The van der Waals surface area contributed by atoms with E-state index in [0.717, 1.165) is 86.5 Å². The minimum Gasteiger partial charge on any atom is -0.444 e. The molecule has 0 atom stereocenters. The summed E-state index contributed by atoms with van der Waals surface area (Å²) in [5, 5.41) is 26.6. The summed E-state index contributed by atoms with van der Waals surface area (Å²) in [6.45, 7) is 16.6. The molecule has 0 unspecified atom stereocenters. The van der Waals surface area contributed by atoms with Gasteiger partial charge in [0.25, 0.3) is 11.4 Å². The summed E-state index contributed by atoms with van der Waals surface area (Å²) in [7, 11) is 0. The number of ether oxygens (including phenoxy) is 1. The number of alkyl carbamates (subject to hydrolysis) is 1. The Morgan fingerprint density at radius 1 is 0.759 bits per heavy atom. The van der Waals surface area contributed by atoms with E-state index < -0.39 is 16.3 Å². The minimum atomic E-state index is -0.570. The van der Waals surface area contributed by atoms with Crippen molar-refractivity contribution in [3.63, 3.8) is 0 Å². The van der Waals surface area contributed by atoms with Crippen LogP contribution in [0.2, 0.25) is 0 Å². The second-order valence-corrected chi connectivity index (χ2v) is 15.1. The zero-order valence-corrected chi connectivity index (χ0v) is 32.3. The van der Waals surface area contributed by atoms with Gasteiger partial charge in [-0.3, -0.25) is 20.2 Å². The smallest absolute Gasteiger partial charge is 0.407 e. The van der Waals surface area contributed by atoms with E-state index in [1.807, 2.05) is 45.0 Å². The molecule has 14 heteroatoms. The van der Waals surface area contributed by atoms with Gasteiger partial charge in [0, 0.05) is 75.0 Å². The van der Waals surface area contributed by atoms with Gasteiger partial charge in [0.1, 0.15) is 11.4 Å². The zero-order valence-electron chi connectivity index (χ0n) is 32.3. The molecule has 4 N–H and O–H groups in total. The highest BCUT2D eigenvalue weighted by Gasteiger charge is 2.21. The normalized spacial score (nSPS) is 16.6. The number of carbonyl (C=O) groups is 1. The fraction of sp³-hybridized carbons (Fsp3) is 0.525. The molecule has 3 aliphatic heterocycles. The molecular weight excluding hydrogens is 693 g/mol. The van der Waals surface area contributed by atoms with Crippen LogP contribution in [0.15, 0.2) is 72.8 Å². The Labute approximate surface area is 320 Å². The highest BCUT2D eigenvalue weighted by atomic mass is 19.1. The van der Waals surface area contributed by atoms with Crippen LogP contribution in [0, 0.1) is 37.9 Å². The van der Waals surface area contributed by atoms with Crippen molar-refractivity contribution in [2.45, 2.75) is 84.8 Å². The number of nitrogens with one attached hydrogen (secondary N) is 2. The summed E-state index contributed by atoms with van der Waals surface area (Å²) in [6.07, 6.45) is 6.70. The number of hydrogen-bond donors (Lipinski definition) is 3. The molecule has 0 spiro atoms. The molecule has 3 fully saturated rings. The summed E-state index contributed by atoms with van der Waals surface area (Å²) in [5.41, 5.74) is 8.57. The van der Waals surface area contributed by atoms with Crippen LogP contribution >= 0.6 is 0 Å². The van der Waals surface area contributed by atoms with Crippen LogP contribution < -0.4 is 26.2 Å². The van der Waals surface area contributed by atoms with Crippen molar-refractivity contribution in [2.24, 2.45) is 11.8 Å². The van der Waals surface area contributed by atoms with Gasteiger partial charge in [0.2, 0.25) is 0 Å². The SMILES string of the molecule is CC(C)(C)OC(=O)NC1CCNCC1.CC1CCN(c2ccc(N)cc2)CC1.CC1CCN(c2ccc([N+](=O)[O-])cc2)CC1.O=[N+]([O-])c1ccc(F)cc1.[HH]. The number of halogens is 1. The van der Waals surface area contributed by atoms with Gasteiger partial charge >= 0.3 is 6.09 Å². The first-order chi connectivity index (χ1) is 25.6. The van der Waals surface area contributed by atoms with E-state index >= 15 is 0 Å². The standard InChI is InChI=1S/C12H16N2O2.C12H18N2.C10H20N2O2.C6H4FNO2.H2/c1-10-6-8-13(9-7-10)11-2-4-12(5-3-11)14(15)16;1-10-6-8-14(9-7-10)12-4-2-11(13)3-5-12;1-10(2,3)14-9(13)12-8-4-6-11-7-5-8;7-5-1-3-6(4-2-5)8(9)10;/h2-5,10H,6-9H2,1H3;2-5,10H,6-9,13H2,1H3;8,11H,4-7H2,1-3H3,(H,12,13);1-4H;1H. The number of anilines is 3. The first-order valence-electron chi connectivity index (χ1n) is 18.8. The van der Waals surface area contributed by atoms with E-state index in [-0.39, 0.29) is 29.9 Å². The van der Waals surface area contributed by atoms with Crippen molar-refractivity contribution in [3.8, 4) is 0 Å². The second-order valence-electron chi connectivity index (χ2n) is 15.1. The summed E-state index contributed by atoms with van der Waals surface area (Å²) < 4.78 is 17.3. The fourth-order valence-electron chi connectivity index (χ4n) is 6.01. The van der Waals surface area contributed by atoms with E-state index in [4.69, 9.17) is 10.5 Å². The van der Waals surface area contributed by atoms with E-state index in [1.54, 1.807) is 12.1 Å². The summed E-state index contributed by atoms with van der Waals surface area (Å²) >= 11 is 0. The predicted molar refractivity (Wildman–Crippen MR) is 216 cm³/mol. The lowest BCUT2D eigenvalue weighted by molar-refractivity contribution is -0.385. The Morgan fingerprint density at radius 3 is 1.54 bits per heavy atom. The molecule has 3 saturated heterocycles. The van der Waals surface area contributed by atoms with Crippen molar-refractivity contribution in [1.29, 1.82) is 0 Å². The number of nitro benzene ring substituents is 2. The van der Waals surface area contributed by atoms with Gasteiger partial charge < -0.3 is 30.9 Å². The quantitative estimate of drug-likeness (QED) is 0.130. The van der Waals surface area contributed by atoms with E-state index in [0.29, 0.717) is 0 Å². The third-order valence-corrected chi connectivity index (χ3v) is 9.35. The molecule has 3 aromatic rings. The number of benzene rings is 3. The van der Waals surface area contributed by atoms with Gasteiger partial charge in [-0.2, -0.15) is 0 Å². The molecule has 6 rings (SSSR count). The monoisotopic (exact) mass is 753 g/mol. The minimum absolute atomic E-state index is 0. The number of nitro groups is 2. The van der Waals surface area contributed by atoms with Crippen LogP contribution in [0.25, 0.3) is 0 Å². The van der Waals surface area contributed by atoms with Crippen LogP contribution in [-0.4, -0.2) is 66.9 Å². The van der Waals surface area contributed by atoms with Crippen LogP contribution in [0.1, 0.15) is 74.6 Å². The van der Waals surface area contributed by atoms with Crippen LogP contribution in [0.5, 0.6) is 0 Å². The highest BCUT2D eigenvalue weighted by Crippen LogP contribution is 2.25. The topological polar surface area (TPSA) is 169 Å². The molecule has 298 valence electrons. The number of nitrogens with zero attached hydrogens (tertiary/aromatic N) is 4. The van der Waals surface area contributed by atoms with Crippen molar-refractivity contribution in [2.75, 3.05) is 54.8 Å². The van der Waals surface area contributed by atoms with Gasteiger partial charge in [-0.25, -0.2) is 9.18 Å². The molecule has 3 heterocycles. The first-order valence-corrected chi connectivity index (χ1v) is 18.8. The number of piperidine rings is 3. The van der Waals surface area contributed by atoms with Crippen LogP contribution in [-0.2, 0) is 4.74 Å². The van der Waals surface area contributed by atoms with E-state index in [9.17, 15) is 29.4 Å². The average Bonchev–Trinajstić information content (AvgIpc) is 3.13. The molecule has 0 saturated carbocycles. The molecule has 0 aromatic heterocycles. The average molecular weight is 754 g/mol. The summed E-state index contributed by atoms with van der Waals surface area (Å²) in [6, 6.07) is 19.6. The van der Waals surface area contributed by atoms with Gasteiger partial charge in [-0.05, 0) is 133 Å². The second kappa shape index (κ2) is 21.7. The van der Waals surface area contributed by atoms with Crippen LogP contribution in [0.4, 0.5) is 37.6 Å². The van der Waals surface area contributed by atoms with E-state index in [2.05, 4.69) is 46.4 Å². The maximum absolute atomic E-state index is 12.1. The van der Waals surface area contributed by atoms with Crippen molar-refractivity contribution < 1.29 is 25.2 Å². The number of nitrogens with two attached hydrogens (primary N) is 1. The lowest BCUT2D eigenvalue weighted by atomic mass is 9.99. The third-order valence-electron chi connectivity index (χ3n) is 9.35. The van der Waals surface area contributed by atoms with Gasteiger partial charge in [0.05, 0.1) is 9.85 Å². The number of rotatable bonds is 5. The molecular formula is C40H60FN7O6. The Balaban J connectivity index is 0.000000255. The maximum Gasteiger partial charge on any atom is 0.407 e. The van der Waals surface area contributed by atoms with Gasteiger partial charge in [0.15, 0.2) is 0 Å². The summed E-state index contributed by atoms with van der Waals surface area (Å²) in [5.74, 6) is 1.22. The Morgan fingerprint density at radius 2 is 1.15 bits per heavy atom. The predicted octanol–water partition coefficient (Wildman–Crippen LogP) is 8.58. The highest BCUT2D eigenvalue weighted by molar-refractivity contribution is 5.68. The first kappa shape index (κ1) is 43.4. The lowest BCUT2D eigenvalue weighted by Gasteiger charge is -2.32. The van der Waals surface area contributed by atoms with Crippen molar-refractivity contribution >= 4 is 34.5 Å². The van der Waals surface area contributed by atoms with Crippen LogP contribution in [0.3, 0.4) is 0 Å². The maximum atomic E-state index is 12.1. The lowest BCUT2D eigenvalue weighted by Crippen LogP contribution is -2.44.